The molecule has 0 aromatic carbocycles. The van der Waals surface area contributed by atoms with E-state index in [2.05, 4.69) is 10.1 Å². The summed E-state index contributed by atoms with van der Waals surface area (Å²) in [5, 5.41) is 4.24. The molecular weight excluding hydrogens is 281 g/mol. The van der Waals surface area contributed by atoms with E-state index < -0.39 is 11.7 Å². The van der Waals surface area contributed by atoms with Crippen LogP contribution in [0.5, 0.6) is 0 Å². The first-order chi connectivity index (χ1) is 9.97. The van der Waals surface area contributed by atoms with Crippen molar-refractivity contribution in [2.24, 2.45) is 5.73 Å². The smallest absolute Gasteiger partial charge is 0.324 e. The quantitative estimate of drug-likeness (QED) is 0.823. The Balaban J connectivity index is 1.98. The molecule has 0 saturated heterocycles. The van der Waals surface area contributed by atoms with Gasteiger partial charge >= 0.3 is 6.18 Å². The van der Waals surface area contributed by atoms with Crippen LogP contribution in [0.25, 0.3) is 5.82 Å². The highest BCUT2D eigenvalue weighted by Gasteiger charge is 2.31. The third-order valence-electron chi connectivity index (χ3n) is 3.77. The van der Waals surface area contributed by atoms with Crippen molar-refractivity contribution in [1.82, 2.24) is 14.8 Å². The molecule has 1 aliphatic rings. The van der Waals surface area contributed by atoms with Crippen molar-refractivity contribution in [3.8, 4) is 5.82 Å². The predicted molar refractivity (Wildman–Crippen MR) is 70.8 cm³/mol. The van der Waals surface area contributed by atoms with Crippen LogP contribution in [-0.2, 0) is 12.6 Å². The molecule has 112 valence electrons. The molecule has 2 aromatic rings. The zero-order valence-electron chi connectivity index (χ0n) is 11.3. The van der Waals surface area contributed by atoms with Gasteiger partial charge < -0.3 is 5.73 Å². The molecule has 1 atom stereocenters. The second-order valence-electron chi connectivity index (χ2n) is 5.21. The van der Waals surface area contributed by atoms with Gasteiger partial charge in [0, 0.05) is 17.8 Å². The van der Waals surface area contributed by atoms with Crippen LogP contribution in [-0.4, -0.2) is 14.8 Å². The number of aromatic nitrogens is 3. The Morgan fingerprint density at radius 1 is 1.19 bits per heavy atom. The monoisotopic (exact) mass is 296 g/mol. The van der Waals surface area contributed by atoms with Crippen molar-refractivity contribution in [2.45, 2.75) is 37.9 Å². The summed E-state index contributed by atoms with van der Waals surface area (Å²) in [7, 11) is 0. The highest BCUT2D eigenvalue weighted by atomic mass is 19.4. The first-order valence-electron chi connectivity index (χ1n) is 6.83. The first-order valence-corrected chi connectivity index (χ1v) is 6.83. The van der Waals surface area contributed by atoms with Gasteiger partial charge in [0.15, 0.2) is 5.82 Å². The van der Waals surface area contributed by atoms with E-state index in [0.29, 0.717) is 5.82 Å². The molecule has 2 aromatic heterocycles. The van der Waals surface area contributed by atoms with Crippen LogP contribution in [0, 0.1) is 0 Å². The van der Waals surface area contributed by atoms with Crippen LogP contribution < -0.4 is 5.73 Å². The average Bonchev–Trinajstić information content (AvgIpc) is 2.78. The lowest BCUT2D eigenvalue weighted by molar-refractivity contribution is -0.137. The SMILES string of the molecule is NC1CCCCc2c1cnn2-c1ccc(C(F)(F)F)cn1. The van der Waals surface area contributed by atoms with Crippen molar-refractivity contribution >= 4 is 0 Å². The topological polar surface area (TPSA) is 56.7 Å². The van der Waals surface area contributed by atoms with E-state index in [1.807, 2.05) is 0 Å². The molecule has 0 amide bonds. The highest BCUT2D eigenvalue weighted by Crippen LogP contribution is 2.30. The Kier molecular flexibility index (Phi) is 3.44. The van der Waals surface area contributed by atoms with Crippen molar-refractivity contribution in [3.05, 3.63) is 41.3 Å². The Hall–Kier alpha value is -1.89. The van der Waals surface area contributed by atoms with E-state index in [1.54, 1.807) is 10.9 Å². The lowest BCUT2D eigenvalue weighted by Gasteiger charge is -2.10. The number of alkyl halides is 3. The fourth-order valence-electron chi connectivity index (χ4n) is 2.64. The van der Waals surface area contributed by atoms with E-state index in [1.165, 1.54) is 6.07 Å². The van der Waals surface area contributed by atoms with E-state index in [9.17, 15) is 13.2 Å². The number of pyridine rings is 1. The zero-order chi connectivity index (χ0) is 15.0. The summed E-state index contributed by atoms with van der Waals surface area (Å²) in [4.78, 5) is 3.89. The summed E-state index contributed by atoms with van der Waals surface area (Å²) in [6.07, 6.45) is 1.90. The van der Waals surface area contributed by atoms with E-state index in [0.717, 1.165) is 49.2 Å². The maximum Gasteiger partial charge on any atom is 0.417 e. The van der Waals surface area contributed by atoms with Gasteiger partial charge in [-0.1, -0.05) is 6.42 Å². The summed E-state index contributed by atoms with van der Waals surface area (Å²) in [5.41, 5.74) is 7.25. The number of hydrogen-bond acceptors (Lipinski definition) is 3. The molecule has 7 heteroatoms. The molecule has 0 radical (unpaired) electrons. The van der Waals surface area contributed by atoms with E-state index in [-0.39, 0.29) is 6.04 Å². The Morgan fingerprint density at radius 2 is 2.00 bits per heavy atom. The fourth-order valence-corrected chi connectivity index (χ4v) is 2.64. The standard InChI is InChI=1S/C14H15F3N4/c15-14(16,17)9-5-6-13(19-7-9)21-12-4-2-1-3-11(18)10(12)8-20-21/h5-8,11H,1-4,18H2. The van der Waals surface area contributed by atoms with Gasteiger partial charge in [-0.3, -0.25) is 0 Å². The number of nitrogens with zero attached hydrogens (tertiary/aromatic N) is 3. The fraction of sp³-hybridized carbons (Fsp3) is 0.429. The summed E-state index contributed by atoms with van der Waals surface area (Å²) in [6.45, 7) is 0. The van der Waals surface area contributed by atoms with Crippen molar-refractivity contribution in [1.29, 1.82) is 0 Å². The maximum atomic E-state index is 12.6. The minimum Gasteiger partial charge on any atom is -0.324 e. The molecule has 0 aliphatic heterocycles. The van der Waals surface area contributed by atoms with Gasteiger partial charge in [-0.15, -0.1) is 0 Å². The number of rotatable bonds is 1. The molecule has 3 rings (SSSR count). The molecule has 4 nitrogen and oxygen atoms in total. The Labute approximate surface area is 119 Å². The van der Waals surface area contributed by atoms with Crippen molar-refractivity contribution < 1.29 is 13.2 Å². The first kappa shape index (κ1) is 14.1. The van der Waals surface area contributed by atoms with Gasteiger partial charge in [-0.05, 0) is 31.4 Å². The second kappa shape index (κ2) is 5.14. The summed E-state index contributed by atoms with van der Waals surface area (Å²) in [6, 6.07) is 2.30. The molecule has 1 unspecified atom stereocenters. The lowest BCUT2D eigenvalue weighted by Crippen LogP contribution is -2.11. The van der Waals surface area contributed by atoms with E-state index >= 15 is 0 Å². The van der Waals surface area contributed by atoms with Crippen molar-refractivity contribution in [3.63, 3.8) is 0 Å². The van der Waals surface area contributed by atoms with E-state index in [4.69, 9.17) is 5.73 Å². The number of hydrogen-bond donors (Lipinski definition) is 1. The van der Waals surface area contributed by atoms with Crippen LogP contribution in [0.4, 0.5) is 13.2 Å². The van der Waals surface area contributed by atoms with Gasteiger partial charge in [-0.2, -0.15) is 18.3 Å². The zero-order valence-corrected chi connectivity index (χ0v) is 11.3. The van der Waals surface area contributed by atoms with Gasteiger partial charge in [-0.25, -0.2) is 9.67 Å². The molecular formula is C14H15F3N4. The second-order valence-corrected chi connectivity index (χ2v) is 5.21. The number of halogens is 3. The van der Waals surface area contributed by atoms with Gasteiger partial charge in [0.05, 0.1) is 17.5 Å². The minimum absolute atomic E-state index is 0.0642. The molecule has 2 N–H and O–H groups in total. The average molecular weight is 296 g/mol. The predicted octanol–water partition coefficient (Wildman–Crippen LogP) is 3.01. The third-order valence-corrected chi connectivity index (χ3v) is 3.77. The van der Waals surface area contributed by atoms with Crippen molar-refractivity contribution in [2.75, 3.05) is 0 Å². The summed E-state index contributed by atoms with van der Waals surface area (Å²) in [5.74, 6) is 0.387. The molecule has 0 bridgehead atoms. The summed E-state index contributed by atoms with van der Waals surface area (Å²) < 4.78 is 39.3. The molecule has 21 heavy (non-hydrogen) atoms. The van der Waals surface area contributed by atoms with Crippen LogP contribution in [0.3, 0.4) is 0 Å². The number of nitrogens with two attached hydrogens (primary N) is 1. The lowest BCUT2D eigenvalue weighted by atomic mass is 10.1. The molecule has 0 fully saturated rings. The Morgan fingerprint density at radius 3 is 2.67 bits per heavy atom. The summed E-state index contributed by atoms with van der Waals surface area (Å²) >= 11 is 0. The van der Waals surface area contributed by atoms with Gasteiger partial charge in [0.1, 0.15) is 0 Å². The van der Waals surface area contributed by atoms with Gasteiger partial charge in [0.2, 0.25) is 0 Å². The Bertz CT molecular complexity index is 631. The normalized spacial score (nSPS) is 19.1. The number of fused-ring (bicyclic) bond motifs is 1. The maximum absolute atomic E-state index is 12.6. The van der Waals surface area contributed by atoms with Gasteiger partial charge in [0.25, 0.3) is 0 Å². The van der Waals surface area contributed by atoms with Crippen LogP contribution in [0.2, 0.25) is 0 Å². The van der Waals surface area contributed by atoms with Crippen LogP contribution in [0.1, 0.15) is 42.1 Å². The molecule has 0 saturated carbocycles. The molecule has 2 heterocycles. The molecule has 0 spiro atoms. The van der Waals surface area contributed by atoms with Crippen LogP contribution >= 0.6 is 0 Å². The van der Waals surface area contributed by atoms with Crippen LogP contribution in [0.15, 0.2) is 24.5 Å². The minimum atomic E-state index is -4.38. The third kappa shape index (κ3) is 2.65. The highest BCUT2D eigenvalue weighted by molar-refractivity contribution is 5.33. The molecule has 1 aliphatic carbocycles. The largest absolute Gasteiger partial charge is 0.417 e.